The van der Waals surface area contributed by atoms with E-state index in [1.165, 1.54) is 18.4 Å². The van der Waals surface area contributed by atoms with Gasteiger partial charge < -0.3 is 9.47 Å². The van der Waals surface area contributed by atoms with E-state index in [4.69, 9.17) is 9.47 Å². The topological polar surface area (TPSA) is 21.7 Å². The van der Waals surface area contributed by atoms with Crippen molar-refractivity contribution in [2.75, 3.05) is 26.2 Å². The van der Waals surface area contributed by atoms with Gasteiger partial charge in [0.05, 0.1) is 18.8 Å². The summed E-state index contributed by atoms with van der Waals surface area (Å²) in [5.74, 6) is 2.49. The highest BCUT2D eigenvalue weighted by Crippen LogP contribution is 2.29. The van der Waals surface area contributed by atoms with Crippen LogP contribution in [-0.4, -0.2) is 43.3 Å². The lowest BCUT2D eigenvalue weighted by atomic mass is 10.00. The van der Waals surface area contributed by atoms with Crippen LogP contribution in [0.1, 0.15) is 39.2 Å². The highest BCUT2D eigenvalue weighted by atomic mass is 16.5. The van der Waals surface area contributed by atoms with Crippen molar-refractivity contribution >= 4 is 0 Å². The summed E-state index contributed by atoms with van der Waals surface area (Å²) in [4.78, 5) is 2.55. The summed E-state index contributed by atoms with van der Waals surface area (Å²) in [5, 5.41) is 0. The molecule has 1 aromatic carbocycles. The van der Waals surface area contributed by atoms with Gasteiger partial charge in [0.25, 0.3) is 0 Å². The molecule has 1 aromatic rings. The third-order valence-corrected chi connectivity index (χ3v) is 4.73. The smallest absolute Gasteiger partial charge is 0.119 e. The normalized spacial score (nSPS) is 26.9. The van der Waals surface area contributed by atoms with E-state index in [1.54, 1.807) is 0 Å². The molecule has 3 rings (SSSR count). The van der Waals surface area contributed by atoms with Gasteiger partial charge in [-0.3, -0.25) is 4.90 Å². The van der Waals surface area contributed by atoms with Gasteiger partial charge in [-0.25, -0.2) is 0 Å². The van der Waals surface area contributed by atoms with E-state index < -0.39 is 0 Å². The van der Waals surface area contributed by atoms with Gasteiger partial charge in [0.2, 0.25) is 0 Å². The Hall–Kier alpha value is -1.06. The summed E-state index contributed by atoms with van der Waals surface area (Å²) >= 11 is 0. The van der Waals surface area contributed by atoms with E-state index >= 15 is 0 Å². The molecule has 128 valence electrons. The standard InChI is InChI=1S/C20H31NO2/c1-15(11-21-12-16(2)23-17(3)13-21)9-19-5-4-6-20(10-19)22-14-18-7-8-18/h4-6,10,15-18H,7-9,11-14H2,1-3H3/t15-,16-,17-/m0/s1. The first-order chi connectivity index (χ1) is 11.1. The van der Waals surface area contributed by atoms with Crippen molar-refractivity contribution in [1.82, 2.24) is 4.90 Å². The fourth-order valence-electron chi connectivity index (χ4n) is 3.60. The zero-order valence-electron chi connectivity index (χ0n) is 14.8. The maximum Gasteiger partial charge on any atom is 0.119 e. The van der Waals surface area contributed by atoms with Gasteiger partial charge in [-0.2, -0.15) is 0 Å². The van der Waals surface area contributed by atoms with Gasteiger partial charge in [-0.15, -0.1) is 0 Å². The minimum absolute atomic E-state index is 0.352. The molecule has 0 spiro atoms. The van der Waals surface area contributed by atoms with Crippen LogP contribution in [0, 0.1) is 11.8 Å². The van der Waals surface area contributed by atoms with Crippen molar-refractivity contribution in [2.45, 2.75) is 52.2 Å². The molecule has 2 aliphatic rings. The van der Waals surface area contributed by atoms with Crippen molar-refractivity contribution in [2.24, 2.45) is 11.8 Å². The molecule has 3 heteroatoms. The predicted octanol–water partition coefficient (Wildman–Crippen LogP) is 3.76. The number of benzene rings is 1. The summed E-state index contributed by atoms with van der Waals surface area (Å²) in [6, 6.07) is 8.67. The highest BCUT2D eigenvalue weighted by molar-refractivity contribution is 5.28. The fourth-order valence-corrected chi connectivity index (χ4v) is 3.60. The summed E-state index contributed by atoms with van der Waals surface area (Å²) in [7, 11) is 0. The quantitative estimate of drug-likeness (QED) is 0.764. The maximum absolute atomic E-state index is 5.90. The molecule has 0 unspecified atom stereocenters. The average Bonchev–Trinajstić information content (AvgIpc) is 3.28. The van der Waals surface area contributed by atoms with Crippen LogP contribution in [0.2, 0.25) is 0 Å². The largest absolute Gasteiger partial charge is 0.493 e. The number of ether oxygens (including phenoxy) is 2. The molecule has 0 amide bonds. The zero-order valence-corrected chi connectivity index (χ0v) is 14.8. The van der Waals surface area contributed by atoms with Gasteiger partial charge in [-0.1, -0.05) is 19.1 Å². The Balaban J connectivity index is 1.48. The van der Waals surface area contributed by atoms with Crippen LogP contribution in [0.3, 0.4) is 0 Å². The molecule has 1 aliphatic carbocycles. The number of hydrogen-bond donors (Lipinski definition) is 0. The van der Waals surface area contributed by atoms with E-state index in [0.717, 1.165) is 44.3 Å². The van der Waals surface area contributed by atoms with Crippen LogP contribution in [0.15, 0.2) is 24.3 Å². The van der Waals surface area contributed by atoms with Crippen LogP contribution in [-0.2, 0) is 11.2 Å². The van der Waals surface area contributed by atoms with Gasteiger partial charge in [0.15, 0.2) is 0 Å². The first-order valence-electron chi connectivity index (χ1n) is 9.18. The lowest BCUT2D eigenvalue weighted by Crippen LogP contribution is -2.47. The van der Waals surface area contributed by atoms with Crippen LogP contribution >= 0.6 is 0 Å². The molecule has 0 bridgehead atoms. The number of rotatable bonds is 7. The fraction of sp³-hybridized carbons (Fsp3) is 0.700. The molecule has 3 nitrogen and oxygen atoms in total. The second-order valence-corrected chi connectivity index (χ2v) is 7.69. The predicted molar refractivity (Wildman–Crippen MR) is 94.0 cm³/mol. The average molecular weight is 317 g/mol. The van der Waals surface area contributed by atoms with E-state index in [9.17, 15) is 0 Å². The summed E-state index contributed by atoms with van der Waals surface area (Å²) in [5.41, 5.74) is 1.39. The molecule has 2 fully saturated rings. The number of morpholine rings is 1. The summed E-state index contributed by atoms with van der Waals surface area (Å²) in [6.45, 7) is 10.8. The third-order valence-electron chi connectivity index (χ3n) is 4.73. The molecule has 1 heterocycles. The van der Waals surface area contributed by atoms with Crippen molar-refractivity contribution in [3.63, 3.8) is 0 Å². The minimum Gasteiger partial charge on any atom is -0.493 e. The van der Waals surface area contributed by atoms with Gasteiger partial charge in [0.1, 0.15) is 5.75 Å². The lowest BCUT2D eigenvalue weighted by molar-refractivity contribution is -0.0708. The Labute approximate surface area is 141 Å². The van der Waals surface area contributed by atoms with Crippen molar-refractivity contribution in [3.8, 4) is 5.75 Å². The summed E-state index contributed by atoms with van der Waals surface area (Å²) in [6.07, 6.45) is 4.50. The first-order valence-corrected chi connectivity index (χ1v) is 9.18. The molecule has 1 aliphatic heterocycles. The van der Waals surface area contributed by atoms with Crippen LogP contribution in [0.5, 0.6) is 5.75 Å². The Kier molecular flexibility index (Phi) is 5.60. The Bertz CT molecular complexity index is 490. The molecule has 0 N–H and O–H groups in total. The SMILES string of the molecule is C[C@@H](Cc1cccc(OCC2CC2)c1)CN1C[C@H](C)O[C@@H](C)C1. The first kappa shape index (κ1) is 16.8. The number of nitrogens with zero attached hydrogens (tertiary/aromatic N) is 1. The Morgan fingerprint density at radius 3 is 2.65 bits per heavy atom. The minimum atomic E-state index is 0.352. The van der Waals surface area contributed by atoms with Gasteiger partial charge in [-0.05, 0) is 62.6 Å². The molecule has 1 saturated heterocycles. The maximum atomic E-state index is 5.90. The lowest BCUT2D eigenvalue weighted by Gasteiger charge is -2.36. The Morgan fingerprint density at radius 2 is 1.96 bits per heavy atom. The molecular formula is C20H31NO2. The highest BCUT2D eigenvalue weighted by Gasteiger charge is 2.23. The molecule has 0 radical (unpaired) electrons. The van der Waals surface area contributed by atoms with Crippen LogP contribution in [0.4, 0.5) is 0 Å². The number of hydrogen-bond acceptors (Lipinski definition) is 3. The van der Waals surface area contributed by atoms with E-state index in [0.29, 0.717) is 18.1 Å². The summed E-state index contributed by atoms with van der Waals surface area (Å²) < 4.78 is 11.7. The Morgan fingerprint density at radius 1 is 1.22 bits per heavy atom. The zero-order chi connectivity index (χ0) is 16.2. The van der Waals surface area contributed by atoms with Crippen LogP contribution < -0.4 is 4.74 Å². The molecule has 23 heavy (non-hydrogen) atoms. The molecule has 3 atom stereocenters. The van der Waals surface area contributed by atoms with Crippen LogP contribution in [0.25, 0.3) is 0 Å². The van der Waals surface area contributed by atoms with Crippen molar-refractivity contribution < 1.29 is 9.47 Å². The molecule has 0 aromatic heterocycles. The molecule has 1 saturated carbocycles. The second-order valence-electron chi connectivity index (χ2n) is 7.69. The second kappa shape index (κ2) is 7.67. The van der Waals surface area contributed by atoms with E-state index in [1.807, 2.05) is 0 Å². The van der Waals surface area contributed by atoms with Gasteiger partial charge >= 0.3 is 0 Å². The van der Waals surface area contributed by atoms with Crippen molar-refractivity contribution in [3.05, 3.63) is 29.8 Å². The van der Waals surface area contributed by atoms with Crippen molar-refractivity contribution in [1.29, 1.82) is 0 Å². The monoisotopic (exact) mass is 317 g/mol. The van der Waals surface area contributed by atoms with Gasteiger partial charge in [0, 0.05) is 19.6 Å². The third kappa shape index (κ3) is 5.50. The van der Waals surface area contributed by atoms with E-state index in [2.05, 4.69) is 49.9 Å². The molecular weight excluding hydrogens is 286 g/mol. The van der Waals surface area contributed by atoms with E-state index in [-0.39, 0.29) is 0 Å².